The van der Waals surface area contributed by atoms with Gasteiger partial charge in [-0.1, -0.05) is 12.1 Å². The van der Waals surface area contributed by atoms with Gasteiger partial charge in [-0.3, -0.25) is 19.3 Å². The molecule has 0 fully saturated rings. The smallest absolute Gasteiger partial charge is 0.261 e. The highest BCUT2D eigenvalue weighted by Gasteiger charge is 2.34. The topological polar surface area (TPSA) is 110 Å². The Morgan fingerprint density at radius 3 is 2.22 bits per heavy atom. The molecule has 0 saturated carbocycles. The molecule has 1 aliphatic rings. The first kappa shape index (κ1) is 16.6. The summed E-state index contributed by atoms with van der Waals surface area (Å²) in [7, 11) is 0. The quantitative estimate of drug-likeness (QED) is 0.685. The zero-order valence-corrected chi connectivity index (χ0v) is 14.1. The van der Waals surface area contributed by atoms with Crippen LogP contribution in [0.5, 0.6) is 0 Å². The summed E-state index contributed by atoms with van der Waals surface area (Å²) in [6.45, 7) is 0.0287. The van der Waals surface area contributed by atoms with Crippen LogP contribution < -0.4 is 5.32 Å². The number of nitrogens with one attached hydrogen (secondary N) is 1. The van der Waals surface area contributed by atoms with E-state index >= 15 is 0 Å². The summed E-state index contributed by atoms with van der Waals surface area (Å²) in [5.41, 5.74) is 2.10. The van der Waals surface area contributed by atoms with Crippen molar-refractivity contribution in [3.63, 3.8) is 0 Å². The molecule has 2 heterocycles. The minimum Gasteiger partial charge on any atom is -0.326 e. The number of rotatable bonds is 5. The number of imide groups is 1. The third-order valence-corrected chi connectivity index (χ3v) is 4.21. The van der Waals surface area contributed by atoms with Crippen LogP contribution >= 0.6 is 0 Å². The minimum absolute atomic E-state index is 0.0141. The summed E-state index contributed by atoms with van der Waals surface area (Å²) in [5, 5.41) is 13.6. The predicted octanol–water partition coefficient (Wildman–Crippen LogP) is 1.29. The molecule has 1 N–H and O–H groups in total. The average Bonchev–Trinajstić information content (AvgIpc) is 3.30. The van der Waals surface area contributed by atoms with Gasteiger partial charge in [0.25, 0.3) is 11.8 Å². The lowest BCUT2D eigenvalue weighted by molar-refractivity contribution is -0.116. The maximum absolute atomic E-state index is 12.3. The highest BCUT2D eigenvalue weighted by molar-refractivity contribution is 6.21. The number of tetrazole rings is 1. The molecular formula is C18H14N6O3. The molecule has 0 saturated heterocycles. The lowest BCUT2D eigenvalue weighted by atomic mass is 10.1. The Morgan fingerprint density at radius 2 is 1.63 bits per heavy atom. The van der Waals surface area contributed by atoms with Crippen molar-refractivity contribution in [3.8, 4) is 5.69 Å². The first-order chi connectivity index (χ1) is 13.1. The van der Waals surface area contributed by atoms with Crippen molar-refractivity contribution in [1.29, 1.82) is 0 Å². The Hall–Kier alpha value is -3.88. The molecule has 9 nitrogen and oxygen atoms in total. The number of fused-ring (bicyclic) bond motifs is 1. The Kier molecular flexibility index (Phi) is 4.17. The van der Waals surface area contributed by atoms with E-state index in [1.807, 2.05) is 0 Å². The number of anilines is 1. The van der Waals surface area contributed by atoms with Gasteiger partial charge in [-0.05, 0) is 46.8 Å². The van der Waals surface area contributed by atoms with E-state index in [1.54, 1.807) is 48.5 Å². The molecule has 1 aliphatic heterocycles. The van der Waals surface area contributed by atoms with E-state index in [1.165, 1.54) is 11.0 Å². The molecule has 0 atom stereocenters. The number of carbonyl (C=O) groups excluding carboxylic acids is 3. The number of amides is 3. The van der Waals surface area contributed by atoms with Gasteiger partial charge in [-0.25, -0.2) is 4.68 Å². The van der Waals surface area contributed by atoms with E-state index in [2.05, 4.69) is 20.8 Å². The number of aromatic nitrogens is 4. The van der Waals surface area contributed by atoms with E-state index in [9.17, 15) is 14.4 Å². The van der Waals surface area contributed by atoms with Crippen LogP contribution in [-0.4, -0.2) is 49.4 Å². The Morgan fingerprint density at radius 1 is 0.963 bits per heavy atom. The molecule has 1 aromatic heterocycles. The van der Waals surface area contributed by atoms with Crippen molar-refractivity contribution in [2.24, 2.45) is 0 Å². The summed E-state index contributed by atoms with van der Waals surface area (Å²) in [6.07, 6.45) is 1.48. The van der Waals surface area contributed by atoms with Gasteiger partial charge in [0.05, 0.1) is 16.8 Å². The van der Waals surface area contributed by atoms with Gasteiger partial charge in [0, 0.05) is 18.7 Å². The summed E-state index contributed by atoms with van der Waals surface area (Å²) in [6, 6.07) is 13.6. The van der Waals surface area contributed by atoms with Crippen LogP contribution in [0.4, 0.5) is 5.69 Å². The predicted molar refractivity (Wildman–Crippen MR) is 94.2 cm³/mol. The Bertz CT molecular complexity index is 979. The van der Waals surface area contributed by atoms with Crippen LogP contribution in [0.2, 0.25) is 0 Å². The molecule has 0 unspecified atom stereocenters. The van der Waals surface area contributed by atoms with Crippen LogP contribution in [0.1, 0.15) is 27.1 Å². The SMILES string of the molecule is O=C(CCN1C(=O)c2ccccc2C1=O)Nc1ccc(-n2cnnn2)cc1. The second-order valence-electron chi connectivity index (χ2n) is 5.91. The van der Waals surface area contributed by atoms with Gasteiger partial charge in [0.1, 0.15) is 6.33 Å². The van der Waals surface area contributed by atoms with E-state index in [0.717, 1.165) is 10.6 Å². The van der Waals surface area contributed by atoms with Crippen molar-refractivity contribution in [2.75, 3.05) is 11.9 Å². The number of nitrogens with zero attached hydrogens (tertiary/aromatic N) is 5. The summed E-state index contributed by atoms with van der Waals surface area (Å²) < 4.78 is 1.49. The molecule has 27 heavy (non-hydrogen) atoms. The first-order valence-electron chi connectivity index (χ1n) is 8.22. The number of hydrogen-bond donors (Lipinski definition) is 1. The lowest BCUT2D eigenvalue weighted by Gasteiger charge is -2.13. The maximum atomic E-state index is 12.3. The van der Waals surface area contributed by atoms with E-state index in [-0.39, 0.29) is 30.7 Å². The third kappa shape index (κ3) is 3.17. The fraction of sp³-hybridized carbons (Fsp3) is 0.111. The number of carbonyl (C=O) groups is 3. The number of hydrogen-bond acceptors (Lipinski definition) is 6. The van der Waals surface area contributed by atoms with Crippen LogP contribution in [0, 0.1) is 0 Å². The molecule has 0 aliphatic carbocycles. The van der Waals surface area contributed by atoms with Crippen LogP contribution in [0.3, 0.4) is 0 Å². The van der Waals surface area contributed by atoms with Gasteiger partial charge < -0.3 is 5.32 Å². The van der Waals surface area contributed by atoms with Crippen molar-refractivity contribution >= 4 is 23.4 Å². The van der Waals surface area contributed by atoms with Gasteiger partial charge in [0.2, 0.25) is 5.91 Å². The van der Waals surface area contributed by atoms with E-state index < -0.39 is 0 Å². The lowest BCUT2D eigenvalue weighted by Crippen LogP contribution is -2.32. The molecule has 0 bridgehead atoms. The molecular weight excluding hydrogens is 348 g/mol. The molecule has 4 rings (SSSR count). The largest absolute Gasteiger partial charge is 0.326 e. The first-order valence-corrected chi connectivity index (χ1v) is 8.22. The Balaban J connectivity index is 1.35. The average molecular weight is 362 g/mol. The van der Waals surface area contributed by atoms with Crippen LogP contribution in [-0.2, 0) is 4.79 Å². The van der Waals surface area contributed by atoms with Crippen LogP contribution in [0.25, 0.3) is 5.69 Å². The molecule has 3 aromatic rings. The number of benzene rings is 2. The fourth-order valence-corrected chi connectivity index (χ4v) is 2.86. The summed E-state index contributed by atoms with van der Waals surface area (Å²) in [4.78, 5) is 37.8. The third-order valence-electron chi connectivity index (χ3n) is 4.21. The molecule has 0 radical (unpaired) electrons. The molecule has 0 spiro atoms. The van der Waals surface area contributed by atoms with E-state index in [4.69, 9.17) is 0 Å². The van der Waals surface area contributed by atoms with Crippen molar-refractivity contribution < 1.29 is 14.4 Å². The normalized spacial score (nSPS) is 13.0. The van der Waals surface area contributed by atoms with Crippen molar-refractivity contribution in [3.05, 3.63) is 66.0 Å². The van der Waals surface area contributed by atoms with Gasteiger partial charge in [0.15, 0.2) is 0 Å². The zero-order valence-electron chi connectivity index (χ0n) is 14.1. The highest BCUT2D eigenvalue weighted by Crippen LogP contribution is 2.22. The molecule has 9 heteroatoms. The van der Waals surface area contributed by atoms with Gasteiger partial charge in [-0.2, -0.15) is 0 Å². The van der Waals surface area contributed by atoms with Crippen molar-refractivity contribution in [1.82, 2.24) is 25.1 Å². The second kappa shape index (κ2) is 6.79. The molecule has 134 valence electrons. The van der Waals surface area contributed by atoms with Gasteiger partial charge >= 0.3 is 0 Å². The molecule has 3 amide bonds. The maximum Gasteiger partial charge on any atom is 0.261 e. The monoisotopic (exact) mass is 362 g/mol. The van der Waals surface area contributed by atoms with Crippen molar-refractivity contribution in [2.45, 2.75) is 6.42 Å². The Labute approximate surface area is 153 Å². The highest BCUT2D eigenvalue weighted by atomic mass is 16.2. The molecule has 2 aromatic carbocycles. The fourth-order valence-electron chi connectivity index (χ4n) is 2.86. The second-order valence-corrected chi connectivity index (χ2v) is 5.91. The summed E-state index contributed by atoms with van der Waals surface area (Å²) >= 11 is 0. The summed E-state index contributed by atoms with van der Waals surface area (Å²) in [5.74, 6) is -1.02. The van der Waals surface area contributed by atoms with Gasteiger partial charge in [-0.15, -0.1) is 5.10 Å². The minimum atomic E-state index is -0.366. The van der Waals surface area contributed by atoms with Crippen LogP contribution in [0.15, 0.2) is 54.9 Å². The zero-order chi connectivity index (χ0) is 18.8. The standard InChI is InChI=1S/C18H14N6O3/c25-16(20-12-5-7-13(8-6-12)24-11-19-21-22-24)9-10-23-17(26)14-3-1-2-4-15(14)18(23)27/h1-8,11H,9-10H2,(H,20,25). The van der Waals surface area contributed by atoms with E-state index in [0.29, 0.717) is 16.8 Å².